The summed E-state index contributed by atoms with van der Waals surface area (Å²) in [5.41, 5.74) is 1.15. The minimum atomic E-state index is -3.00. The molecule has 1 N–H and O–H groups in total. The Hall–Kier alpha value is -1.15. The third-order valence-electron chi connectivity index (χ3n) is 4.19. The van der Waals surface area contributed by atoms with Crippen LogP contribution in [0, 0.1) is 0 Å². The highest BCUT2D eigenvalue weighted by Gasteiger charge is 2.34. The van der Waals surface area contributed by atoms with Gasteiger partial charge >= 0.3 is 0 Å². The van der Waals surface area contributed by atoms with Crippen molar-refractivity contribution in [3.8, 4) is 0 Å². The first-order valence-corrected chi connectivity index (χ1v) is 10.3. The Bertz CT molecular complexity index is 639. The van der Waals surface area contributed by atoms with Gasteiger partial charge in [0.2, 0.25) is 5.91 Å². The Morgan fingerprint density at radius 3 is 2.56 bits per heavy atom. The SMILES string of the molecule is CCOCC(=O)N[C@H]1CN(CCS(C)(=O)=O)C[C@@H]1c1ccccc1.Cl. The van der Waals surface area contributed by atoms with Crippen LogP contribution in [-0.4, -0.2) is 70.1 Å². The van der Waals surface area contributed by atoms with Crippen LogP contribution in [0.4, 0.5) is 0 Å². The van der Waals surface area contributed by atoms with E-state index >= 15 is 0 Å². The minimum absolute atomic E-state index is 0. The van der Waals surface area contributed by atoms with Crippen LogP contribution in [-0.2, 0) is 19.4 Å². The molecule has 1 amide bonds. The lowest BCUT2D eigenvalue weighted by Crippen LogP contribution is -2.41. The number of rotatable bonds is 8. The molecule has 1 aliphatic heterocycles. The van der Waals surface area contributed by atoms with Crippen molar-refractivity contribution in [1.82, 2.24) is 10.2 Å². The van der Waals surface area contributed by atoms with Gasteiger partial charge < -0.3 is 10.1 Å². The molecule has 6 nitrogen and oxygen atoms in total. The van der Waals surface area contributed by atoms with Gasteiger partial charge in [-0.05, 0) is 12.5 Å². The molecule has 1 heterocycles. The molecular formula is C17H27ClN2O4S. The third-order valence-corrected chi connectivity index (χ3v) is 5.11. The summed E-state index contributed by atoms with van der Waals surface area (Å²) in [6.45, 7) is 4.27. The molecule has 0 aliphatic carbocycles. The molecule has 0 radical (unpaired) electrons. The summed E-state index contributed by atoms with van der Waals surface area (Å²) < 4.78 is 28.0. The van der Waals surface area contributed by atoms with E-state index in [-0.39, 0.29) is 42.6 Å². The van der Waals surface area contributed by atoms with Crippen LogP contribution in [0.15, 0.2) is 30.3 Å². The average molecular weight is 391 g/mol. The Labute approximate surface area is 156 Å². The number of amides is 1. The summed E-state index contributed by atoms with van der Waals surface area (Å²) in [5.74, 6) is 0.151. The summed E-state index contributed by atoms with van der Waals surface area (Å²) in [6, 6.07) is 9.97. The number of nitrogens with one attached hydrogen (secondary N) is 1. The van der Waals surface area contributed by atoms with E-state index in [2.05, 4.69) is 10.2 Å². The number of carbonyl (C=O) groups is 1. The Kier molecular flexibility index (Phi) is 8.85. The normalized spacial score (nSPS) is 20.9. The predicted molar refractivity (Wildman–Crippen MR) is 101 cm³/mol. The molecule has 0 bridgehead atoms. The summed E-state index contributed by atoms with van der Waals surface area (Å²) in [5, 5.41) is 3.03. The fourth-order valence-electron chi connectivity index (χ4n) is 2.99. The van der Waals surface area contributed by atoms with Crippen LogP contribution in [0.5, 0.6) is 0 Å². The maximum Gasteiger partial charge on any atom is 0.246 e. The van der Waals surface area contributed by atoms with E-state index in [0.717, 1.165) is 12.1 Å². The number of benzene rings is 1. The molecule has 0 spiro atoms. The molecule has 2 rings (SSSR count). The van der Waals surface area contributed by atoms with Crippen molar-refractivity contribution in [1.29, 1.82) is 0 Å². The fraction of sp³-hybridized carbons (Fsp3) is 0.588. The standard InChI is InChI=1S/C17H26N2O4S.ClH/c1-3-23-13-17(20)18-16-12-19(9-10-24(2,21)22)11-15(16)14-7-5-4-6-8-14;/h4-8,15-16H,3,9-13H2,1-2H3,(H,18,20);1H/t15-,16+;/m1./s1. The van der Waals surface area contributed by atoms with Crippen LogP contribution in [0.25, 0.3) is 0 Å². The highest BCUT2D eigenvalue weighted by atomic mass is 35.5. The number of hydrogen-bond acceptors (Lipinski definition) is 5. The second-order valence-corrected chi connectivity index (χ2v) is 8.48. The summed E-state index contributed by atoms with van der Waals surface area (Å²) in [6.07, 6.45) is 1.25. The number of carbonyl (C=O) groups excluding carboxylic acids is 1. The smallest absolute Gasteiger partial charge is 0.246 e. The van der Waals surface area contributed by atoms with Crippen molar-refractivity contribution in [2.45, 2.75) is 18.9 Å². The van der Waals surface area contributed by atoms with E-state index in [9.17, 15) is 13.2 Å². The van der Waals surface area contributed by atoms with E-state index < -0.39 is 9.84 Å². The number of ether oxygens (including phenoxy) is 1. The third kappa shape index (κ3) is 7.32. The van der Waals surface area contributed by atoms with Gasteiger partial charge in [-0.2, -0.15) is 0 Å². The molecule has 1 aromatic carbocycles. The lowest BCUT2D eigenvalue weighted by Gasteiger charge is -2.20. The van der Waals surface area contributed by atoms with Crippen molar-refractivity contribution in [2.24, 2.45) is 0 Å². The van der Waals surface area contributed by atoms with Gasteiger partial charge in [-0.1, -0.05) is 30.3 Å². The molecule has 0 unspecified atom stereocenters. The van der Waals surface area contributed by atoms with Crippen molar-refractivity contribution in [2.75, 3.05) is 44.9 Å². The fourth-order valence-corrected chi connectivity index (χ4v) is 3.58. The zero-order chi connectivity index (χ0) is 17.6. The molecule has 0 aromatic heterocycles. The lowest BCUT2D eigenvalue weighted by atomic mass is 9.94. The molecule has 2 atom stereocenters. The summed E-state index contributed by atoms with van der Waals surface area (Å²) in [7, 11) is -3.00. The van der Waals surface area contributed by atoms with E-state index in [4.69, 9.17) is 4.74 Å². The van der Waals surface area contributed by atoms with Crippen LogP contribution in [0.1, 0.15) is 18.4 Å². The topological polar surface area (TPSA) is 75.7 Å². The molecule has 1 aromatic rings. The molecule has 0 saturated carbocycles. The maximum atomic E-state index is 12.0. The maximum absolute atomic E-state index is 12.0. The molecule has 25 heavy (non-hydrogen) atoms. The summed E-state index contributed by atoms with van der Waals surface area (Å²) >= 11 is 0. The van der Waals surface area contributed by atoms with Crippen molar-refractivity contribution in [3.63, 3.8) is 0 Å². The Balaban J connectivity index is 0.00000312. The zero-order valence-corrected chi connectivity index (χ0v) is 16.3. The highest BCUT2D eigenvalue weighted by Crippen LogP contribution is 2.27. The van der Waals surface area contributed by atoms with Gasteiger partial charge in [0.05, 0.1) is 5.75 Å². The highest BCUT2D eigenvalue weighted by molar-refractivity contribution is 7.90. The minimum Gasteiger partial charge on any atom is -0.372 e. The van der Waals surface area contributed by atoms with Crippen molar-refractivity contribution >= 4 is 28.2 Å². The van der Waals surface area contributed by atoms with Gasteiger partial charge in [0.1, 0.15) is 16.4 Å². The number of nitrogens with zero attached hydrogens (tertiary/aromatic N) is 1. The first kappa shape index (κ1) is 21.9. The van der Waals surface area contributed by atoms with Crippen molar-refractivity contribution < 1.29 is 17.9 Å². The van der Waals surface area contributed by atoms with Gasteiger partial charge in [-0.25, -0.2) is 8.42 Å². The predicted octanol–water partition coefficient (Wildman–Crippen LogP) is 1.07. The summed E-state index contributed by atoms with van der Waals surface area (Å²) in [4.78, 5) is 14.1. The van der Waals surface area contributed by atoms with Gasteiger partial charge in [0.25, 0.3) is 0 Å². The van der Waals surface area contributed by atoms with Crippen LogP contribution >= 0.6 is 12.4 Å². The monoisotopic (exact) mass is 390 g/mol. The van der Waals surface area contributed by atoms with Crippen LogP contribution < -0.4 is 5.32 Å². The molecule has 142 valence electrons. The van der Waals surface area contributed by atoms with E-state index in [0.29, 0.717) is 19.7 Å². The Morgan fingerprint density at radius 1 is 1.28 bits per heavy atom. The first-order chi connectivity index (χ1) is 11.4. The number of hydrogen-bond donors (Lipinski definition) is 1. The average Bonchev–Trinajstić information content (AvgIpc) is 2.94. The van der Waals surface area contributed by atoms with Crippen LogP contribution in [0.2, 0.25) is 0 Å². The second-order valence-electron chi connectivity index (χ2n) is 6.22. The zero-order valence-electron chi connectivity index (χ0n) is 14.7. The molecule has 8 heteroatoms. The van der Waals surface area contributed by atoms with Crippen molar-refractivity contribution in [3.05, 3.63) is 35.9 Å². The van der Waals surface area contributed by atoms with Gasteiger partial charge in [-0.3, -0.25) is 9.69 Å². The number of halogens is 1. The van der Waals surface area contributed by atoms with E-state index in [1.54, 1.807) is 0 Å². The molecule has 1 fully saturated rings. The van der Waals surface area contributed by atoms with Gasteiger partial charge in [0.15, 0.2) is 0 Å². The number of sulfone groups is 1. The number of likely N-dealkylation sites (tertiary alicyclic amines) is 1. The van der Waals surface area contributed by atoms with Gasteiger partial charge in [0, 0.05) is 44.5 Å². The molecule has 1 saturated heterocycles. The van der Waals surface area contributed by atoms with E-state index in [1.807, 2.05) is 37.3 Å². The lowest BCUT2D eigenvalue weighted by molar-refractivity contribution is -0.126. The van der Waals surface area contributed by atoms with E-state index in [1.165, 1.54) is 6.26 Å². The quantitative estimate of drug-likeness (QED) is 0.718. The molecular weight excluding hydrogens is 364 g/mol. The first-order valence-electron chi connectivity index (χ1n) is 8.21. The Morgan fingerprint density at radius 2 is 1.96 bits per heavy atom. The largest absolute Gasteiger partial charge is 0.372 e. The van der Waals surface area contributed by atoms with Gasteiger partial charge in [-0.15, -0.1) is 12.4 Å². The second kappa shape index (κ2) is 10.1. The molecule has 1 aliphatic rings. The van der Waals surface area contributed by atoms with Crippen LogP contribution in [0.3, 0.4) is 0 Å².